The summed E-state index contributed by atoms with van der Waals surface area (Å²) >= 11 is 26.2. The van der Waals surface area contributed by atoms with Crippen molar-refractivity contribution < 1.29 is 19.7 Å². The van der Waals surface area contributed by atoms with Gasteiger partial charge in [-0.25, -0.2) is 0 Å². The van der Waals surface area contributed by atoms with E-state index in [9.17, 15) is 10.2 Å². The summed E-state index contributed by atoms with van der Waals surface area (Å²) in [4.78, 5) is 0. The molecule has 0 aliphatic rings. The summed E-state index contributed by atoms with van der Waals surface area (Å²) in [5.74, 6) is 0.618. The molecule has 8 heteroatoms. The Morgan fingerprint density at radius 2 is 0.848 bits per heavy atom. The maximum absolute atomic E-state index is 9.97. The van der Waals surface area contributed by atoms with E-state index in [1.54, 1.807) is 65.8 Å². The van der Waals surface area contributed by atoms with Crippen LogP contribution >= 0.6 is 46.4 Å². The average Bonchev–Trinajstić information content (AvgIpc) is 2.66. The van der Waals surface area contributed by atoms with Crippen LogP contribution in [0.3, 0.4) is 0 Å². The van der Waals surface area contributed by atoms with E-state index in [4.69, 9.17) is 55.9 Å². The fourth-order valence-electron chi connectivity index (χ4n) is 2.90. The van der Waals surface area contributed by atoms with Crippen molar-refractivity contribution in [2.45, 2.75) is 84.2 Å². The van der Waals surface area contributed by atoms with Gasteiger partial charge in [0.15, 0.2) is 11.5 Å². The molecule has 0 aliphatic carbocycles. The highest BCUT2D eigenvalue weighted by Gasteiger charge is 2.32. The van der Waals surface area contributed by atoms with Crippen LogP contribution in [-0.2, 0) is 5.41 Å². The van der Waals surface area contributed by atoms with Crippen molar-refractivity contribution in [3.05, 3.63) is 55.5 Å². The van der Waals surface area contributed by atoms with E-state index in [0.717, 1.165) is 11.1 Å². The fraction of sp³-hybridized carbons (Fsp3) is 0.520. The van der Waals surface area contributed by atoms with Gasteiger partial charge in [-0.2, -0.15) is 0 Å². The molecule has 2 unspecified atom stereocenters. The molecule has 0 saturated carbocycles. The molecular formula is C25H32Cl4O4. The minimum absolute atomic E-state index is 0.309. The molecule has 184 valence electrons. The third-order valence-electron chi connectivity index (χ3n) is 6.18. The largest absolute Gasteiger partial charge is 0.482 e. The zero-order valence-corrected chi connectivity index (χ0v) is 23.2. The summed E-state index contributed by atoms with van der Waals surface area (Å²) < 4.78 is 11.8. The van der Waals surface area contributed by atoms with Gasteiger partial charge in [0, 0.05) is 5.41 Å². The Bertz CT molecular complexity index is 888. The van der Waals surface area contributed by atoms with Crippen molar-refractivity contribution in [1.29, 1.82) is 0 Å². The van der Waals surface area contributed by atoms with Crippen LogP contribution in [0.2, 0.25) is 20.1 Å². The van der Waals surface area contributed by atoms with Crippen molar-refractivity contribution in [2.24, 2.45) is 0 Å². The zero-order valence-electron chi connectivity index (χ0n) is 20.2. The van der Waals surface area contributed by atoms with Crippen molar-refractivity contribution >= 4 is 46.4 Å². The van der Waals surface area contributed by atoms with Crippen molar-refractivity contribution in [3.63, 3.8) is 0 Å². The van der Waals surface area contributed by atoms with Crippen molar-refractivity contribution in [3.8, 4) is 11.5 Å². The lowest BCUT2D eigenvalue weighted by Crippen LogP contribution is -2.40. The first-order valence-corrected chi connectivity index (χ1v) is 12.1. The number of aliphatic hydroxyl groups is 2. The molecule has 0 radical (unpaired) electrons. The smallest absolute Gasteiger partial charge is 0.157 e. The molecule has 2 atom stereocenters. The van der Waals surface area contributed by atoms with Gasteiger partial charge in [-0.05, 0) is 76.9 Å². The average molecular weight is 538 g/mol. The highest BCUT2D eigenvalue weighted by molar-refractivity contribution is 6.38. The Hall–Kier alpha value is -0.880. The molecular weight excluding hydrogens is 506 g/mol. The minimum Gasteiger partial charge on any atom is -0.482 e. The molecule has 0 bridgehead atoms. The van der Waals surface area contributed by atoms with Crippen LogP contribution < -0.4 is 9.47 Å². The molecule has 0 aliphatic heterocycles. The monoisotopic (exact) mass is 536 g/mol. The van der Waals surface area contributed by atoms with Gasteiger partial charge in [-0.1, -0.05) is 60.3 Å². The van der Waals surface area contributed by atoms with Gasteiger partial charge in [-0.15, -0.1) is 0 Å². The summed E-state index contributed by atoms with van der Waals surface area (Å²) in [6, 6.07) is 7.13. The van der Waals surface area contributed by atoms with Gasteiger partial charge in [0.2, 0.25) is 0 Å². The molecule has 2 rings (SSSR count). The molecule has 0 aromatic heterocycles. The Kier molecular flexibility index (Phi) is 8.60. The van der Waals surface area contributed by atoms with Crippen LogP contribution in [0.1, 0.15) is 66.5 Å². The Labute approximate surface area is 216 Å². The molecule has 33 heavy (non-hydrogen) atoms. The van der Waals surface area contributed by atoms with Crippen LogP contribution in [0.5, 0.6) is 11.5 Å². The standard InChI is InChI=1S/C25H32Cl4O4/c1-13(30)24(5,6)32-21-17(26)9-15(10-18(21)27)23(3,4)16-11-19(28)22(20(29)12-16)33-25(7,8)14(2)31/h9-14,30-31H,1-8H3. The summed E-state index contributed by atoms with van der Waals surface area (Å²) in [7, 11) is 0. The minimum atomic E-state index is -0.874. The van der Waals surface area contributed by atoms with Gasteiger partial charge in [0.1, 0.15) is 11.2 Å². The molecule has 2 N–H and O–H groups in total. The first-order chi connectivity index (χ1) is 14.9. The number of aliphatic hydroxyl groups excluding tert-OH is 2. The predicted molar refractivity (Wildman–Crippen MR) is 138 cm³/mol. The summed E-state index contributed by atoms with van der Waals surface area (Å²) in [6.45, 7) is 14.3. The lowest BCUT2D eigenvalue weighted by atomic mass is 9.78. The predicted octanol–water partition coefficient (Wildman–Crippen LogP) is 7.70. The summed E-state index contributed by atoms with van der Waals surface area (Å²) in [5.41, 5.74) is -0.672. The second-order valence-electron chi connectivity index (χ2n) is 9.93. The molecule has 0 spiro atoms. The van der Waals surface area contributed by atoms with Crippen LogP contribution in [0.15, 0.2) is 24.3 Å². The molecule has 0 fully saturated rings. The van der Waals surface area contributed by atoms with E-state index in [1.165, 1.54) is 0 Å². The van der Waals surface area contributed by atoms with E-state index in [1.807, 2.05) is 13.8 Å². The summed E-state index contributed by atoms with van der Waals surface area (Å²) in [6.07, 6.45) is -1.46. The molecule has 4 nitrogen and oxygen atoms in total. The van der Waals surface area contributed by atoms with Crippen LogP contribution in [0.4, 0.5) is 0 Å². The Morgan fingerprint density at radius 1 is 0.606 bits per heavy atom. The fourth-order valence-corrected chi connectivity index (χ4v) is 4.03. The third-order valence-corrected chi connectivity index (χ3v) is 7.31. The quantitative estimate of drug-likeness (QED) is 0.362. The SMILES string of the molecule is CC(O)C(C)(C)Oc1c(Cl)cc(C(C)(C)c2cc(Cl)c(OC(C)(C)C(C)O)c(Cl)c2)cc1Cl. The van der Waals surface area contributed by atoms with Crippen molar-refractivity contribution in [1.82, 2.24) is 0 Å². The van der Waals surface area contributed by atoms with Crippen molar-refractivity contribution in [2.75, 3.05) is 0 Å². The van der Waals surface area contributed by atoms with Crippen LogP contribution in [0, 0.1) is 0 Å². The van der Waals surface area contributed by atoms with Gasteiger partial charge in [0.05, 0.1) is 32.3 Å². The summed E-state index contributed by atoms with van der Waals surface area (Å²) in [5, 5.41) is 21.3. The lowest BCUT2D eigenvalue weighted by Gasteiger charge is -2.33. The number of hydrogen-bond donors (Lipinski definition) is 2. The number of benzene rings is 2. The molecule has 2 aromatic carbocycles. The highest BCUT2D eigenvalue weighted by Crippen LogP contribution is 2.45. The Balaban J connectivity index is 2.48. The lowest BCUT2D eigenvalue weighted by molar-refractivity contribution is -0.0175. The second kappa shape index (κ2) is 10.0. The zero-order chi connectivity index (χ0) is 25.5. The van der Waals surface area contributed by atoms with E-state index in [-0.39, 0.29) is 0 Å². The van der Waals surface area contributed by atoms with Gasteiger partial charge >= 0.3 is 0 Å². The van der Waals surface area contributed by atoms with E-state index in [2.05, 4.69) is 0 Å². The maximum Gasteiger partial charge on any atom is 0.157 e. The molecule has 2 aromatic rings. The molecule has 0 saturated heterocycles. The van der Waals surface area contributed by atoms with Crippen LogP contribution in [0.25, 0.3) is 0 Å². The molecule has 0 heterocycles. The second-order valence-corrected chi connectivity index (χ2v) is 11.6. The van der Waals surface area contributed by atoms with E-state index < -0.39 is 28.8 Å². The van der Waals surface area contributed by atoms with Crippen LogP contribution in [-0.4, -0.2) is 33.6 Å². The highest BCUT2D eigenvalue weighted by atomic mass is 35.5. The number of halogens is 4. The number of rotatable bonds is 8. The van der Waals surface area contributed by atoms with Gasteiger partial charge in [-0.3, -0.25) is 0 Å². The van der Waals surface area contributed by atoms with Gasteiger partial charge < -0.3 is 19.7 Å². The van der Waals surface area contributed by atoms with E-state index in [0.29, 0.717) is 31.6 Å². The van der Waals surface area contributed by atoms with E-state index >= 15 is 0 Å². The van der Waals surface area contributed by atoms with Gasteiger partial charge in [0.25, 0.3) is 0 Å². The first kappa shape index (κ1) is 28.4. The number of hydrogen-bond acceptors (Lipinski definition) is 4. The first-order valence-electron chi connectivity index (χ1n) is 10.6. The Morgan fingerprint density at radius 3 is 1.06 bits per heavy atom. The normalized spacial score (nSPS) is 14.7. The molecule has 0 amide bonds. The topological polar surface area (TPSA) is 58.9 Å². The third kappa shape index (κ3) is 6.22. The maximum atomic E-state index is 9.97. The number of ether oxygens (including phenoxy) is 2.